The number of fused-ring (bicyclic) bond motifs is 2. The zero-order chi connectivity index (χ0) is 13.7. The molecule has 0 fully saturated rings. The van der Waals surface area contributed by atoms with Gasteiger partial charge in [-0.15, -0.1) is 12.4 Å². The number of benzene rings is 2. The Labute approximate surface area is 129 Å². The van der Waals surface area contributed by atoms with Gasteiger partial charge in [0.15, 0.2) is 0 Å². The Bertz CT molecular complexity index is 701. The first-order chi connectivity index (χ1) is 9.79. The quantitative estimate of drug-likeness (QED) is 0.868. The predicted octanol–water partition coefficient (Wildman–Crippen LogP) is 3.67. The van der Waals surface area contributed by atoms with Crippen molar-refractivity contribution in [2.24, 2.45) is 0 Å². The first-order valence-electron chi connectivity index (χ1n) is 7.00. The van der Waals surface area contributed by atoms with E-state index in [2.05, 4.69) is 11.4 Å². The van der Waals surface area contributed by atoms with Crippen molar-refractivity contribution in [1.82, 2.24) is 5.32 Å². The topological polar surface area (TPSA) is 21.3 Å². The zero-order valence-electron chi connectivity index (χ0n) is 11.8. The Morgan fingerprint density at radius 2 is 2.10 bits per heavy atom. The fourth-order valence-corrected chi connectivity index (χ4v) is 3.57. The number of ether oxygens (including phenoxy) is 1. The Kier molecular flexibility index (Phi) is 3.64. The molecule has 0 saturated carbocycles. The maximum absolute atomic E-state index is 14.2. The van der Waals surface area contributed by atoms with E-state index in [0.717, 1.165) is 41.8 Å². The summed E-state index contributed by atoms with van der Waals surface area (Å²) in [6.45, 7) is 0.952. The van der Waals surface area contributed by atoms with Crippen molar-refractivity contribution in [3.8, 4) is 16.9 Å². The third-order valence-electron chi connectivity index (χ3n) is 4.45. The Balaban J connectivity index is 0.00000132. The minimum Gasteiger partial charge on any atom is -0.496 e. The highest BCUT2D eigenvalue weighted by molar-refractivity contribution is 5.85. The van der Waals surface area contributed by atoms with E-state index < -0.39 is 0 Å². The van der Waals surface area contributed by atoms with E-state index in [9.17, 15) is 4.39 Å². The first-order valence-corrected chi connectivity index (χ1v) is 7.00. The van der Waals surface area contributed by atoms with E-state index in [0.29, 0.717) is 0 Å². The summed E-state index contributed by atoms with van der Waals surface area (Å²) in [6, 6.07) is 9.69. The van der Waals surface area contributed by atoms with Gasteiger partial charge in [-0.1, -0.05) is 18.2 Å². The monoisotopic (exact) mass is 305 g/mol. The largest absolute Gasteiger partial charge is 0.496 e. The summed E-state index contributed by atoms with van der Waals surface area (Å²) in [5, 5.41) is 3.51. The molecular weight excluding hydrogens is 289 g/mol. The van der Waals surface area contributed by atoms with Gasteiger partial charge in [0.1, 0.15) is 11.6 Å². The fourth-order valence-electron chi connectivity index (χ4n) is 3.57. The lowest BCUT2D eigenvalue weighted by molar-refractivity contribution is 0.411. The molecular formula is C17H17ClFNO. The predicted molar refractivity (Wildman–Crippen MR) is 83.8 cm³/mol. The molecule has 2 aromatic rings. The van der Waals surface area contributed by atoms with Crippen LogP contribution in [0.25, 0.3) is 11.1 Å². The van der Waals surface area contributed by atoms with Crippen LogP contribution in [-0.2, 0) is 12.8 Å². The van der Waals surface area contributed by atoms with Gasteiger partial charge in [0.25, 0.3) is 0 Å². The normalized spacial score (nSPS) is 18.3. The van der Waals surface area contributed by atoms with Crippen LogP contribution in [0.3, 0.4) is 0 Å². The lowest BCUT2D eigenvalue weighted by atomic mass is 9.77. The molecule has 1 N–H and O–H groups in total. The molecule has 1 aliphatic carbocycles. The molecule has 1 atom stereocenters. The molecule has 4 heteroatoms. The Hall–Kier alpha value is -1.58. The van der Waals surface area contributed by atoms with Crippen molar-refractivity contribution >= 4 is 12.4 Å². The second-order valence-corrected chi connectivity index (χ2v) is 5.44. The number of methoxy groups -OCH3 is 1. The van der Waals surface area contributed by atoms with Crippen LogP contribution in [0.4, 0.5) is 4.39 Å². The van der Waals surface area contributed by atoms with Gasteiger partial charge in [-0.05, 0) is 53.8 Å². The van der Waals surface area contributed by atoms with Crippen molar-refractivity contribution < 1.29 is 9.13 Å². The third kappa shape index (κ3) is 2.03. The first kappa shape index (κ1) is 14.4. The Morgan fingerprint density at radius 1 is 1.24 bits per heavy atom. The van der Waals surface area contributed by atoms with Gasteiger partial charge >= 0.3 is 0 Å². The van der Waals surface area contributed by atoms with Gasteiger partial charge in [0, 0.05) is 11.6 Å². The molecule has 2 aliphatic rings. The van der Waals surface area contributed by atoms with Crippen LogP contribution in [0.5, 0.6) is 5.75 Å². The molecule has 0 spiro atoms. The van der Waals surface area contributed by atoms with Crippen LogP contribution < -0.4 is 10.1 Å². The van der Waals surface area contributed by atoms with Crippen LogP contribution in [0.2, 0.25) is 0 Å². The minimum absolute atomic E-state index is 0. The molecule has 2 nitrogen and oxygen atoms in total. The zero-order valence-corrected chi connectivity index (χ0v) is 12.6. The molecule has 0 amide bonds. The Morgan fingerprint density at radius 3 is 2.90 bits per heavy atom. The minimum atomic E-state index is -0.118. The second-order valence-electron chi connectivity index (χ2n) is 5.44. The molecule has 110 valence electrons. The van der Waals surface area contributed by atoms with E-state index in [-0.39, 0.29) is 24.3 Å². The molecule has 0 bridgehead atoms. The smallest absolute Gasteiger partial charge is 0.127 e. The van der Waals surface area contributed by atoms with E-state index in [4.69, 9.17) is 4.74 Å². The van der Waals surface area contributed by atoms with Gasteiger partial charge in [-0.2, -0.15) is 0 Å². The molecule has 0 aromatic heterocycles. The number of nitrogens with one attached hydrogen (secondary N) is 1. The lowest BCUT2D eigenvalue weighted by Gasteiger charge is -2.35. The van der Waals surface area contributed by atoms with Crippen LogP contribution in [0.1, 0.15) is 22.7 Å². The highest BCUT2D eigenvalue weighted by Crippen LogP contribution is 2.47. The summed E-state index contributed by atoms with van der Waals surface area (Å²) in [5.41, 5.74) is 5.52. The van der Waals surface area contributed by atoms with Crippen molar-refractivity contribution in [3.63, 3.8) is 0 Å². The number of hydrogen-bond acceptors (Lipinski definition) is 2. The number of hydrogen-bond donors (Lipinski definition) is 1. The molecule has 4 rings (SSSR count). The molecule has 1 aliphatic heterocycles. The molecule has 1 unspecified atom stereocenters. The maximum atomic E-state index is 14.2. The highest BCUT2D eigenvalue weighted by Gasteiger charge is 2.32. The van der Waals surface area contributed by atoms with Gasteiger partial charge < -0.3 is 10.1 Å². The number of halogens is 2. The summed E-state index contributed by atoms with van der Waals surface area (Å²) in [4.78, 5) is 0. The average molecular weight is 306 g/mol. The average Bonchev–Trinajstić information content (AvgIpc) is 2.49. The lowest BCUT2D eigenvalue weighted by Crippen LogP contribution is -2.34. The van der Waals surface area contributed by atoms with Gasteiger partial charge in [-0.25, -0.2) is 4.39 Å². The third-order valence-corrected chi connectivity index (χ3v) is 4.45. The van der Waals surface area contributed by atoms with Crippen LogP contribution in [-0.4, -0.2) is 13.7 Å². The van der Waals surface area contributed by atoms with Crippen molar-refractivity contribution in [3.05, 3.63) is 52.8 Å². The SMILES string of the molecule is COc1ccc2c3c1-c1cccc(F)c1CC3NCC2.Cl. The summed E-state index contributed by atoms with van der Waals surface area (Å²) >= 11 is 0. The summed E-state index contributed by atoms with van der Waals surface area (Å²) in [5.74, 6) is 0.719. The van der Waals surface area contributed by atoms with Gasteiger partial charge in [0.05, 0.1) is 7.11 Å². The molecule has 1 heterocycles. The highest BCUT2D eigenvalue weighted by atomic mass is 35.5. The van der Waals surface area contributed by atoms with Crippen LogP contribution in [0.15, 0.2) is 30.3 Å². The summed E-state index contributed by atoms with van der Waals surface area (Å²) < 4.78 is 19.7. The molecule has 2 aromatic carbocycles. The van der Waals surface area contributed by atoms with Gasteiger partial charge in [0.2, 0.25) is 0 Å². The van der Waals surface area contributed by atoms with Crippen molar-refractivity contribution in [2.75, 3.05) is 13.7 Å². The maximum Gasteiger partial charge on any atom is 0.127 e. The standard InChI is InChI=1S/C17H16FNO.ClH/c1-20-15-6-5-10-7-8-19-14-9-12-11(17(15)16(10)14)3-2-4-13(12)18;/h2-6,14,19H,7-9H2,1H3;1H. The van der Waals surface area contributed by atoms with E-state index >= 15 is 0 Å². The molecule has 0 saturated heterocycles. The molecule has 0 radical (unpaired) electrons. The van der Waals surface area contributed by atoms with Gasteiger partial charge in [-0.3, -0.25) is 0 Å². The summed E-state index contributed by atoms with van der Waals surface area (Å²) in [7, 11) is 1.68. The van der Waals surface area contributed by atoms with Crippen molar-refractivity contribution in [1.29, 1.82) is 0 Å². The van der Waals surface area contributed by atoms with Crippen LogP contribution >= 0.6 is 12.4 Å². The summed E-state index contributed by atoms with van der Waals surface area (Å²) in [6.07, 6.45) is 1.74. The fraction of sp³-hybridized carbons (Fsp3) is 0.294. The number of rotatable bonds is 1. The van der Waals surface area contributed by atoms with Crippen molar-refractivity contribution in [2.45, 2.75) is 18.9 Å². The molecule has 21 heavy (non-hydrogen) atoms. The van der Waals surface area contributed by atoms with E-state index in [1.165, 1.54) is 11.1 Å². The van der Waals surface area contributed by atoms with Crippen LogP contribution in [0, 0.1) is 5.82 Å². The second kappa shape index (κ2) is 5.32. The van der Waals surface area contributed by atoms with E-state index in [1.54, 1.807) is 19.2 Å². The van der Waals surface area contributed by atoms with E-state index in [1.807, 2.05) is 12.1 Å².